The first kappa shape index (κ1) is 13.7. The monoisotopic (exact) mass is 308 g/mol. The molecule has 6 heteroatoms. The molecule has 0 N–H and O–H groups in total. The number of benzene rings is 1. The number of hydrogen-bond donors (Lipinski definition) is 0. The van der Waals surface area contributed by atoms with Gasteiger partial charge in [-0.05, 0) is 25.5 Å². The normalized spacial score (nSPS) is 35.0. The summed E-state index contributed by atoms with van der Waals surface area (Å²) in [5, 5.41) is 0. The Labute approximate surface area is 125 Å². The largest absolute Gasteiger partial charge is 0.370 e. The van der Waals surface area contributed by atoms with Crippen molar-refractivity contribution in [2.24, 2.45) is 0 Å². The van der Waals surface area contributed by atoms with Crippen molar-refractivity contribution in [3.63, 3.8) is 0 Å². The summed E-state index contributed by atoms with van der Waals surface area (Å²) in [5.41, 5.74) is 1.06. The minimum absolute atomic E-state index is 0.0210. The van der Waals surface area contributed by atoms with E-state index in [0.717, 1.165) is 25.1 Å². The molecule has 5 nitrogen and oxygen atoms in total. The Morgan fingerprint density at radius 1 is 1.24 bits per heavy atom. The van der Waals surface area contributed by atoms with Crippen LogP contribution in [-0.4, -0.2) is 62.1 Å². The van der Waals surface area contributed by atoms with E-state index in [9.17, 15) is 8.42 Å². The lowest BCUT2D eigenvalue weighted by Gasteiger charge is -2.27. The molecule has 114 valence electrons. The van der Waals surface area contributed by atoms with Crippen LogP contribution in [0, 0.1) is 6.92 Å². The number of likely N-dealkylation sites (N-methyl/N-ethyl adjacent to an activating group) is 1. The summed E-state index contributed by atoms with van der Waals surface area (Å²) in [6.45, 7) is 3.84. The van der Waals surface area contributed by atoms with Crippen molar-refractivity contribution in [3.8, 4) is 0 Å². The van der Waals surface area contributed by atoms with Crippen LogP contribution in [0.5, 0.6) is 0 Å². The number of ether oxygens (including phenoxy) is 1. The van der Waals surface area contributed by atoms with Gasteiger partial charge in [0, 0.05) is 20.1 Å². The van der Waals surface area contributed by atoms with Gasteiger partial charge < -0.3 is 4.74 Å². The second-order valence-electron chi connectivity index (χ2n) is 6.31. The van der Waals surface area contributed by atoms with E-state index in [-0.39, 0.29) is 24.3 Å². The molecule has 0 aliphatic carbocycles. The van der Waals surface area contributed by atoms with Crippen molar-refractivity contribution in [2.75, 3.05) is 20.1 Å². The number of fused-ring (bicyclic) bond motifs is 1. The molecule has 1 aromatic rings. The first-order valence-electron chi connectivity index (χ1n) is 7.43. The highest BCUT2D eigenvalue weighted by Crippen LogP contribution is 2.43. The number of aryl methyl sites for hydroxylation is 1. The number of morpholine rings is 1. The molecule has 3 heterocycles. The van der Waals surface area contributed by atoms with Gasteiger partial charge in [0.1, 0.15) is 0 Å². The molecule has 1 aromatic carbocycles. The highest BCUT2D eigenvalue weighted by Gasteiger charge is 2.59. The van der Waals surface area contributed by atoms with E-state index in [1.807, 2.05) is 19.1 Å². The summed E-state index contributed by atoms with van der Waals surface area (Å²) in [6.07, 6.45) is 1.26. The maximum absolute atomic E-state index is 12.8. The highest BCUT2D eigenvalue weighted by atomic mass is 32.2. The van der Waals surface area contributed by atoms with E-state index >= 15 is 0 Å². The molecule has 4 rings (SSSR count). The topological polar surface area (TPSA) is 49.9 Å². The van der Waals surface area contributed by atoms with Gasteiger partial charge in [-0.1, -0.05) is 17.7 Å². The minimum atomic E-state index is -3.46. The molecule has 0 aromatic heterocycles. The molecule has 21 heavy (non-hydrogen) atoms. The summed E-state index contributed by atoms with van der Waals surface area (Å²) in [5.74, 6) is 0. The summed E-state index contributed by atoms with van der Waals surface area (Å²) >= 11 is 0. The molecule has 3 fully saturated rings. The van der Waals surface area contributed by atoms with Crippen molar-refractivity contribution in [1.29, 1.82) is 0 Å². The van der Waals surface area contributed by atoms with Gasteiger partial charge in [-0.2, -0.15) is 4.31 Å². The fraction of sp³-hybridized carbons (Fsp3) is 0.600. The van der Waals surface area contributed by atoms with Crippen LogP contribution in [-0.2, 0) is 14.8 Å². The molecule has 3 saturated heterocycles. The molecular formula is C15H20N2O3S. The van der Waals surface area contributed by atoms with Crippen LogP contribution >= 0.6 is 0 Å². The molecule has 3 aliphatic rings. The van der Waals surface area contributed by atoms with Gasteiger partial charge in [0.15, 0.2) is 0 Å². The summed E-state index contributed by atoms with van der Waals surface area (Å²) < 4.78 is 33.2. The average molecular weight is 308 g/mol. The van der Waals surface area contributed by atoms with E-state index in [1.54, 1.807) is 23.5 Å². The quantitative estimate of drug-likeness (QED) is 0.830. The lowest BCUT2D eigenvalue weighted by atomic mass is 10.1. The smallest absolute Gasteiger partial charge is 0.243 e. The van der Waals surface area contributed by atoms with E-state index in [1.165, 1.54) is 0 Å². The predicted molar refractivity (Wildman–Crippen MR) is 78.6 cm³/mol. The first-order chi connectivity index (χ1) is 9.98. The van der Waals surface area contributed by atoms with E-state index in [4.69, 9.17) is 4.74 Å². The summed E-state index contributed by atoms with van der Waals surface area (Å²) in [4.78, 5) is 2.74. The second kappa shape index (κ2) is 4.52. The maximum atomic E-state index is 12.8. The van der Waals surface area contributed by atoms with Crippen LogP contribution in [0.25, 0.3) is 0 Å². The van der Waals surface area contributed by atoms with Gasteiger partial charge in [0.05, 0.1) is 29.2 Å². The second-order valence-corrected chi connectivity index (χ2v) is 8.31. The van der Waals surface area contributed by atoms with Gasteiger partial charge in [0.2, 0.25) is 10.0 Å². The zero-order valence-corrected chi connectivity index (χ0v) is 13.1. The number of sulfonamides is 1. The van der Waals surface area contributed by atoms with Crippen molar-refractivity contribution in [1.82, 2.24) is 9.21 Å². The molecule has 0 spiro atoms. The molecule has 4 atom stereocenters. The van der Waals surface area contributed by atoms with Gasteiger partial charge in [0.25, 0.3) is 0 Å². The molecular weight excluding hydrogens is 288 g/mol. The zero-order valence-electron chi connectivity index (χ0n) is 12.3. The Bertz CT molecular complexity index is 644. The standard InChI is InChI=1S/C15H20N2O3S/c1-10-3-5-11(6-4-10)21(18,19)16(2)14-13-9-17-8-7-12(20-13)15(14)17/h3-6,12-15H,7-9H2,1-2H3/t12-,13+,14-,15+/m0/s1. The van der Waals surface area contributed by atoms with E-state index in [2.05, 4.69) is 4.90 Å². The van der Waals surface area contributed by atoms with Crippen molar-refractivity contribution in [2.45, 2.75) is 42.5 Å². The first-order valence-corrected chi connectivity index (χ1v) is 8.87. The Hall–Kier alpha value is -0.950. The van der Waals surface area contributed by atoms with Crippen molar-refractivity contribution >= 4 is 10.0 Å². The lowest BCUT2D eigenvalue weighted by molar-refractivity contribution is 0.00695. The fourth-order valence-electron chi connectivity index (χ4n) is 4.04. The minimum Gasteiger partial charge on any atom is -0.370 e. The Kier molecular flexibility index (Phi) is 2.95. The third kappa shape index (κ3) is 1.90. The van der Waals surface area contributed by atoms with Gasteiger partial charge >= 0.3 is 0 Å². The number of nitrogens with zero attached hydrogens (tertiary/aromatic N) is 2. The number of hydrogen-bond acceptors (Lipinski definition) is 4. The van der Waals surface area contributed by atoms with Gasteiger partial charge in [-0.25, -0.2) is 8.42 Å². The van der Waals surface area contributed by atoms with E-state index < -0.39 is 10.0 Å². The molecule has 0 unspecified atom stereocenters. The van der Waals surface area contributed by atoms with Crippen molar-refractivity contribution < 1.29 is 13.2 Å². The van der Waals surface area contributed by atoms with Crippen LogP contribution in [0.2, 0.25) is 0 Å². The molecule has 0 saturated carbocycles. The SMILES string of the molecule is Cc1ccc(S(=O)(=O)N(C)[C@@H]2[C@H]3[C@@H]4CCN3C[C@H]2O4)cc1. The highest BCUT2D eigenvalue weighted by molar-refractivity contribution is 7.89. The Balaban J connectivity index is 1.66. The van der Waals surface area contributed by atoms with Gasteiger partial charge in [-0.3, -0.25) is 4.90 Å². The van der Waals surface area contributed by atoms with Crippen LogP contribution in [0.4, 0.5) is 0 Å². The maximum Gasteiger partial charge on any atom is 0.243 e. The van der Waals surface area contributed by atoms with Crippen LogP contribution in [0.15, 0.2) is 29.2 Å². The Morgan fingerprint density at radius 2 is 1.95 bits per heavy atom. The number of rotatable bonds is 3. The fourth-order valence-corrected chi connectivity index (χ4v) is 5.43. The predicted octanol–water partition coefficient (Wildman–Crippen LogP) is 0.839. The van der Waals surface area contributed by atoms with E-state index in [0.29, 0.717) is 4.90 Å². The molecule has 0 radical (unpaired) electrons. The lowest BCUT2D eigenvalue weighted by Crippen LogP contribution is -2.46. The summed E-state index contributed by atoms with van der Waals surface area (Å²) in [6, 6.07) is 7.24. The average Bonchev–Trinajstić information content (AvgIpc) is 3.04. The molecule has 0 amide bonds. The van der Waals surface area contributed by atoms with Crippen LogP contribution in [0.3, 0.4) is 0 Å². The van der Waals surface area contributed by atoms with Crippen molar-refractivity contribution in [3.05, 3.63) is 29.8 Å². The van der Waals surface area contributed by atoms with Crippen LogP contribution < -0.4 is 0 Å². The van der Waals surface area contributed by atoms with Gasteiger partial charge in [-0.15, -0.1) is 0 Å². The third-order valence-corrected chi connectivity index (χ3v) is 6.99. The zero-order chi connectivity index (χ0) is 14.8. The third-order valence-electron chi connectivity index (χ3n) is 5.12. The summed E-state index contributed by atoms with van der Waals surface area (Å²) in [7, 11) is -1.76. The molecule has 2 bridgehead atoms. The Morgan fingerprint density at radius 3 is 2.62 bits per heavy atom. The molecule has 3 aliphatic heterocycles. The van der Waals surface area contributed by atoms with Crippen LogP contribution in [0.1, 0.15) is 12.0 Å².